The van der Waals surface area contributed by atoms with E-state index >= 15 is 0 Å². The first-order valence-corrected chi connectivity index (χ1v) is 19.8. The van der Waals surface area contributed by atoms with Crippen LogP contribution in [-0.2, 0) is 54.1 Å². The van der Waals surface area contributed by atoms with Gasteiger partial charge in [0.05, 0.1) is 24.1 Å². The number of nitrogens with one attached hydrogen (secondary N) is 5. The first-order valence-electron chi connectivity index (χ1n) is 19.8. The van der Waals surface area contributed by atoms with Crippen LogP contribution in [-0.4, -0.2) is 70.9 Å². The molecule has 0 saturated heterocycles. The fraction of sp³-hybridized carbons (Fsp3) is 0.548. The lowest BCUT2D eigenvalue weighted by Crippen LogP contribution is -2.67. The fourth-order valence-corrected chi connectivity index (χ4v) is 7.00. The molecular formula is C42H56F4N6O6. The van der Waals surface area contributed by atoms with Gasteiger partial charge in [0.15, 0.2) is 0 Å². The second kappa shape index (κ2) is 19.2. The Labute approximate surface area is 336 Å². The predicted octanol–water partition coefficient (Wildman–Crippen LogP) is 5.15. The highest BCUT2D eigenvalue weighted by atomic mass is 19.4. The van der Waals surface area contributed by atoms with Gasteiger partial charge in [0, 0.05) is 24.0 Å². The minimum absolute atomic E-state index is 0.0463. The van der Waals surface area contributed by atoms with Gasteiger partial charge >= 0.3 is 12.1 Å². The lowest BCUT2D eigenvalue weighted by molar-refractivity contribution is -0.149. The van der Waals surface area contributed by atoms with E-state index in [1.54, 1.807) is 19.9 Å². The van der Waals surface area contributed by atoms with Crippen molar-refractivity contribution >= 4 is 40.5 Å². The number of carbonyl (C=O) groups is 5. The summed E-state index contributed by atoms with van der Waals surface area (Å²) in [4.78, 5) is 70.8. The Hall–Kier alpha value is -4.99. The zero-order valence-electron chi connectivity index (χ0n) is 34.0. The van der Waals surface area contributed by atoms with E-state index in [0.717, 1.165) is 6.07 Å². The summed E-state index contributed by atoms with van der Waals surface area (Å²) in [6.07, 6.45) is -3.38. The number of halogens is 4. The average molecular weight is 817 g/mol. The molecule has 4 amide bonds. The molecule has 12 nitrogen and oxygen atoms in total. The van der Waals surface area contributed by atoms with Crippen LogP contribution in [0, 0.1) is 17.7 Å². The average Bonchev–Trinajstić information content (AvgIpc) is 3.54. The molecule has 0 radical (unpaired) electrons. The Morgan fingerprint density at radius 1 is 0.914 bits per heavy atom. The van der Waals surface area contributed by atoms with Crippen LogP contribution in [0.4, 0.5) is 17.6 Å². The van der Waals surface area contributed by atoms with Gasteiger partial charge in [0.2, 0.25) is 23.6 Å². The monoisotopic (exact) mass is 816 g/mol. The molecule has 2 aromatic carbocycles. The standard InChI is InChI=1S/C42H56F4N6O6/c1-7-24(3)33(36(54)48-20-11-12-21-58-39(57)40(5,6)47)51-38(56)41(19-18-31-28(23-41)27-15-13-16-29(35(27)49-31)42(44,45)46)52-37(55)34(25(4)8-2)50-32(53)22-26-14-9-10-17-30(26)43/h9-10,13-17,24-25,33-34,49H,7-8,11-12,18-23,47H2,1-6H3,(H,48,54)(H,50,53)(H,51,56)(H,52,55)/t24?,25?,33?,34?,41-/m1/s1. The molecule has 318 valence electrons. The second-order valence-electron chi connectivity index (χ2n) is 15.9. The van der Waals surface area contributed by atoms with Crippen LogP contribution in [0.2, 0.25) is 0 Å². The maximum Gasteiger partial charge on any atom is 0.418 e. The largest absolute Gasteiger partial charge is 0.464 e. The highest BCUT2D eigenvalue weighted by Gasteiger charge is 2.47. The molecule has 1 heterocycles. The van der Waals surface area contributed by atoms with Gasteiger partial charge in [0.1, 0.15) is 29.0 Å². The number of alkyl halides is 3. The van der Waals surface area contributed by atoms with Crippen molar-refractivity contribution in [3.63, 3.8) is 0 Å². The summed E-state index contributed by atoms with van der Waals surface area (Å²) in [5, 5.41) is 11.5. The number of H-pyrrole nitrogens is 1. The van der Waals surface area contributed by atoms with Crippen LogP contribution < -0.4 is 27.0 Å². The minimum atomic E-state index is -4.66. The van der Waals surface area contributed by atoms with Gasteiger partial charge in [-0.2, -0.15) is 13.2 Å². The third-order valence-electron chi connectivity index (χ3n) is 10.9. The predicted molar refractivity (Wildman–Crippen MR) is 211 cm³/mol. The Morgan fingerprint density at radius 2 is 1.57 bits per heavy atom. The Balaban J connectivity index is 1.63. The topological polar surface area (TPSA) is 185 Å². The highest BCUT2D eigenvalue weighted by molar-refractivity contribution is 5.99. The van der Waals surface area contributed by atoms with Crippen LogP contribution >= 0.6 is 0 Å². The zero-order chi connectivity index (χ0) is 43.0. The fourth-order valence-electron chi connectivity index (χ4n) is 7.00. The highest BCUT2D eigenvalue weighted by Crippen LogP contribution is 2.40. The molecule has 1 aromatic heterocycles. The second-order valence-corrected chi connectivity index (χ2v) is 15.9. The van der Waals surface area contributed by atoms with Crippen molar-refractivity contribution in [3.05, 3.63) is 70.7 Å². The number of esters is 1. The number of hydrogen-bond acceptors (Lipinski definition) is 7. The van der Waals surface area contributed by atoms with Gasteiger partial charge in [0.25, 0.3) is 0 Å². The van der Waals surface area contributed by atoms with E-state index in [1.165, 1.54) is 44.2 Å². The van der Waals surface area contributed by atoms with E-state index in [2.05, 4.69) is 26.3 Å². The van der Waals surface area contributed by atoms with Gasteiger partial charge in [-0.1, -0.05) is 70.9 Å². The summed E-state index contributed by atoms with van der Waals surface area (Å²) in [7, 11) is 0. The first-order chi connectivity index (χ1) is 27.2. The van der Waals surface area contributed by atoms with Crippen LogP contribution in [0.3, 0.4) is 0 Å². The summed E-state index contributed by atoms with van der Waals surface area (Å²) < 4.78 is 61.9. The number of aromatic amines is 1. The van der Waals surface area contributed by atoms with E-state index in [0.29, 0.717) is 36.9 Å². The Bertz CT molecular complexity index is 1960. The summed E-state index contributed by atoms with van der Waals surface area (Å²) >= 11 is 0. The summed E-state index contributed by atoms with van der Waals surface area (Å²) in [5.41, 5.74) is 2.86. The van der Waals surface area contributed by atoms with Gasteiger partial charge in [-0.25, -0.2) is 4.39 Å². The van der Waals surface area contributed by atoms with Crippen LogP contribution in [0.25, 0.3) is 10.9 Å². The summed E-state index contributed by atoms with van der Waals surface area (Å²) in [5.74, 6) is -4.51. The Kier molecular flexibility index (Phi) is 15.1. The number of hydrogen-bond donors (Lipinski definition) is 6. The lowest BCUT2D eigenvalue weighted by atomic mass is 9.78. The molecular weight excluding hydrogens is 760 g/mol. The molecule has 4 unspecified atom stereocenters. The number of rotatable bonds is 18. The molecule has 5 atom stereocenters. The van der Waals surface area contributed by atoms with Gasteiger partial charge in [-0.05, 0) is 74.6 Å². The van der Waals surface area contributed by atoms with Crippen LogP contribution in [0.5, 0.6) is 0 Å². The van der Waals surface area contributed by atoms with Crippen molar-refractivity contribution in [3.8, 4) is 0 Å². The molecule has 0 bridgehead atoms. The van der Waals surface area contributed by atoms with E-state index in [1.807, 2.05) is 13.8 Å². The normalized spacial score (nSPS) is 17.6. The van der Waals surface area contributed by atoms with E-state index in [-0.39, 0.29) is 61.2 Å². The van der Waals surface area contributed by atoms with E-state index in [9.17, 15) is 41.5 Å². The number of aromatic nitrogens is 1. The van der Waals surface area contributed by atoms with Crippen molar-refractivity contribution in [2.75, 3.05) is 13.2 Å². The number of benzene rings is 2. The molecule has 0 fully saturated rings. The molecule has 4 rings (SSSR count). The first kappa shape index (κ1) is 45.7. The molecule has 0 saturated carbocycles. The third-order valence-corrected chi connectivity index (χ3v) is 10.9. The number of unbranched alkanes of at least 4 members (excludes halogenated alkanes) is 1. The molecule has 1 aliphatic rings. The molecule has 16 heteroatoms. The third kappa shape index (κ3) is 11.1. The van der Waals surface area contributed by atoms with Crippen molar-refractivity contribution in [2.24, 2.45) is 17.6 Å². The number of nitrogens with two attached hydrogens (primary N) is 1. The van der Waals surface area contributed by atoms with Crippen molar-refractivity contribution < 1.29 is 46.3 Å². The number of aryl methyl sites for hydroxylation is 1. The van der Waals surface area contributed by atoms with E-state index < -0.39 is 76.2 Å². The van der Waals surface area contributed by atoms with Crippen molar-refractivity contribution in [1.29, 1.82) is 0 Å². The van der Waals surface area contributed by atoms with Gasteiger partial charge in [-0.15, -0.1) is 0 Å². The van der Waals surface area contributed by atoms with Crippen LogP contribution in [0.1, 0.15) is 96.0 Å². The summed E-state index contributed by atoms with van der Waals surface area (Å²) in [6.45, 7) is 10.6. The molecule has 58 heavy (non-hydrogen) atoms. The maximum atomic E-state index is 14.7. The van der Waals surface area contributed by atoms with Gasteiger partial charge < -0.3 is 36.7 Å². The summed E-state index contributed by atoms with van der Waals surface area (Å²) in [6, 6.07) is 7.30. The van der Waals surface area contributed by atoms with Crippen LogP contribution in [0.15, 0.2) is 42.5 Å². The number of para-hydroxylation sites is 1. The van der Waals surface area contributed by atoms with Gasteiger partial charge in [-0.3, -0.25) is 24.0 Å². The van der Waals surface area contributed by atoms with Crippen molar-refractivity contribution in [2.45, 2.75) is 122 Å². The van der Waals surface area contributed by atoms with Crippen molar-refractivity contribution in [1.82, 2.24) is 26.3 Å². The smallest absolute Gasteiger partial charge is 0.418 e. The zero-order valence-corrected chi connectivity index (χ0v) is 34.0. The molecule has 7 N–H and O–H groups in total. The minimum Gasteiger partial charge on any atom is -0.464 e. The molecule has 1 aliphatic carbocycles. The molecule has 0 aliphatic heterocycles. The maximum absolute atomic E-state index is 14.7. The SMILES string of the molecule is CCC(C)C(NC(=O)Cc1ccccc1F)C(=O)N[C@]1(C(=O)NC(C(=O)NCCCCOC(=O)C(C)(C)N)C(C)CC)CCc2[nH]c3c(C(F)(F)F)cccc3c2C1. The molecule has 0 spiro atoms. The lowest BCUT2D eigenvalue weighted by Gasteiger charge is -2.39. The molecule has 3 aromatic rings. The van der Waals surface area contributed by atoms with E-state index in [4.69, 9.17) is 10.5 Å². The number of carbonyl (C=O) groups excluding carboxylic acids is 5. The number of fused-ring (bicyclic) bond motifs is 3. The quantitative estimate of drug-likeness (QED) is 0.0583. The number of amides is 4. The Morgan fingerprint density at radius 3 is 2.19 bits per heavy atom. The number of ether oxygens (including phenoxy) is 1.